The third-order valence-electron chi connectivity index (χ3n) is 2.27. The Morgan fingerprint density at radius 1 is 1.29 bits per heavy atom. The number of hydrogen-bond acceptors (Lipinski definition) is 6. The normalized spacial score (nSPS) is 11.2. The van der Waals surface area contributed by atoms with Crippen LogP contribution in [0, 0.1) is 0 Å². The van der Waals surface area contributed by atoms with E-state index in [1.165, 1.54) is 0 Å². The van der Waals surface area contributed by atoms with Gasteiger partial charge in [-0.05, 0) is 24.3 Å². The molecule has 1 aromatic carbocycles. The van der Waals surface area contributed by atoms with Crippen molar-refractivity contribution >= 4 is 43.3 Å². The molecule has 0 aliphatic heterocycles. The molecule has 110 valence electrons. The van der Waals surface area contributed by atoms with Crippen molar-refractivity contribution in [1.29, 1.82) is 0 Å². The quantitative estimate of drug-likeness (QED) is 0.454. The highest BCUT2D eigenvalue weighted by Gasteiger charge is 2.20. The number of esters is 1. The van der Waals surface area contributed by atoms with Crippen LogP contribution in [0.3, 0.4) is 0 Å². The molecule has 1 heterocycles. The molecule has 0 bridgehead atoms. The zero-order valence-electron chi connectivity index (χ0n) is 10.6. The van der Waals surface area contributed by atoms with E-state index in [1.54, 1.807) is 24.3 Å². The maximum absolute atomic E-state index is 12.0. The van der Waals surface area contributed by atoms with Crippen LogP contribution in [0.5, 0.6) is 5.75 Å². The number of carbonyl (C=O) groups is 1. The molecule has 0 aliphatic carbocycles. The van der Waals surface area contributed by atoms with Gasteiger partial charge in [-0.15, -0.1) is 0 Å². The van der Waals surface area contributed by atoms with E-state index in [4.69, 9.17) is 16.3 Å². The summed E-state index contributed by atoms with van der Waals surface area (Å²) in [6.45, 7) is 0. The van der Waals surface area contributed by atoms with Crippen molar-refractivity contribution in [2.75, 3.05) is 6.26 Å². The summed E-state index contributed by atoms with van der Waals surface area (Å²) in [4.78, 5) is 19.2. The Kier molecular flexibility index (Phi) is 4.60. The van der Waals surface area contributed by atoms with Crippen LogP contribution in [0.2, 0.25) is 5.02 Å². The zero-order chi connectivity index (χ0) is 15.6. The van der Waals surface area contributed by atoms with E-state index in [0.29, 0.717) is 0 Å². The van der Waals surface area contributed by atoms with Crippen LogP contribution >= 0.6 is 27.5 Å². The third-order valence-corrected chi connectivity index (χ3v) is 3.94. The summed E-state index contributed by atoms with van der Waals surface area (Å²) in [6, 6.07) is 6.50. The highest BCUT2D eigenvalue weighted by molar-refractivity contribution is 9.10. The molecule has 0 atom stereocenters. The molecular formula is C12H8BrClN2O4S. The second-order valence-electron chi connectivity index (χ2n) is 3.96. The minimum absolute atomic E-state index is 0.0930. The second-order valence-corrected chi connectivity index (χ2v) is 7.20. The van der Waals surface area contributed by atoms with Gasteiger partial charge in [0.15, 0.2) is 5.69 Å². The van der Waals surface area contributed by atoms with Crippen LogP contribution in [0.15, 0.2) is 40.1 Å². The first-order chi connectivity index (χ1) is 9.77. The first-order valence-electron chi connectivity index (χ1n) is 5.48. The van der Waals surface area contributed by atoms with E-state index >= 15 is 0 Å². The number of halogens is 2. The number of carbonyl (C=O) groups excluding carboxylic acids is 1. The fraction of sp³-hybridized carbons (Fsp3) is 0.0833. The molecule has 2 aromatic rings. The predicted molar refractivity (Wildman–Crippen MR) is 79.3 cm³/mol. The van der Waals surface area contributed by atoms with Gasteiger partial charge in [0.25, 0.3) is 0 Å². The molecule has 9 heteroatoms. The molecule has 21 heavy (non-hydrogen) atoms. The molecule has 0 N–H and O–H groups in total. The van der Waals surface area contributed by atoms with Crippen LogP contribution in [-0.4, -0.2) is 30.6 Å². The van der Waals surface area contributed by atoms with E-state index in [2.05, 4.69) is 25.9 Å². The summed E-state index contributed by atoms with van der Waals surface area (Å²) in [7, 11) is -3.65. The number of nitrogens with zero attached hydrogens (tertiary/aromatic N) is 2. The molecule has 0 saturated carbocycles. The van der Waals surface area contributed by atoms with Crippen molar-refractivity contribution in [2.45, 2.75) is 5.16 Å². The fourth-order valence-corrected chi connectivity index (χ4v) is 2.26. The van der Waals surface area contributed by atoms with Crippen molar-refractivity contribution in [2.24, 2.45) is 0 Å². The summed E-state index contributed by atoms with van der Waals surface area (Å²) >= 11 is 9.06. The molecule has 0 aliphatic rings. The Morgan fingerprint density at radius 3 is 2.48 bits per heavy atom. The Bertz CT molecular complexity index is 793. The summed E-state index contributed by atoms with van der Waals surface area (Å²) in [5.41, 5.74) is -0.310. The van der Waals surface area contributed by atoms with Crippen LogP contribution in [0.4, 0.5) is 0 Å². The van der Waals surface area contributed by atoms with E-state index in [-0.39, 0.29) is 16.5 Å². The van der Waals surface area contributed by atoms with Gasteiger partial charge in [0.05, 0.1) is 11.2 Å². The maximum Gasteiger partial charge on any atom is 0.364 e. The number of rotatable bonds is 3. The fourth-order valence-electron chi connectivity index (χ4n) is 1.33. The topological polar surface area (TPSA) is 86.2 Å². The first kappa shape index (κ1) is 15.9. The monoisotopic (exact) mass is 390 g/mol. The van der Waals surface area contributed by atoms with Gasteiger partial charge in [-0.25, -0.2) is 23.2 Å². The summed E-state index contributed by atoms with van der Waals surface area (Å²) in [6.07, 6.45) is 1.98. The maximum atomic E-state index is 12.0. The average Bonchev–Trinajstić information content (AvgIpc) is 2.40. The first-order valence-corrected chi connectivity index (χ1v) is 8.54. The molecule has 0 saturated heterocycles. The third kappa shape index (κ3) is 3.99. The van der Waals surface area contributed by atoms with Crippen LogP contribution in [0.1, 0.15) is 10.5 Å². The number of benzene rings is 1. The lowest BCUT2D eigenvalue weighted by Crippen LogP contribution is -2.15. The molecule has 0 amide bonds. The Hall–Kier alpha value is -1.51. The van der Waals surface area contributed by atoms with Crippen molar-refractivity contribution in [3.05, 3.63) is 45.7 Å². The van der Waals surface area contributed by atoms with Crippen molar-refractivity contribution in [1.82, 2.24) is 9.97 Å². The largest absolute Gasteiger partial charge is 0.422 e. The standard InChI is InChI=1S/C12H8BrClN2O4S/c1-21(18,19)12-15-6-9(14)10(16-12)11(17)20-8-4-2-7(13)3-5-8/h2-6H,1H3. The number of aromatic nitrogens is 2. The number of ether oxygens (including phenoxy) is 1. The van der Waals surface area contributed by atoms with E-state index < -0.39 is 21.0 Å². The molecule has 1 aromatic heterocycles. The summed E-state index contributed by atoms with van der Waals surface area (Å²) in [5.74, 6) is -0.589. The SMILES string of the molecule is CS(=O)(=O)c1ncc(Cl)c(C(=O)Oc2ccc(Br)cc2)n1. The Balaban J connectivity index is 2.32. The highest BCUT2D eigenvalue weighted by atomic mass is 79.9. The van der Waals surface area contributed by atoms with Gasteiger partial charge >= 0.3 is 5.97 Å². The zero-order valence-corrected chi connectivity index (χ0v) is 13.7. The van der Waals surface area contributed by atoms with Crippen LogP contribution in [-0.2, 0) is 9.84 Å². The summed E-state index contributed by atoms with van der Waals surface area (Å²) < 4.78 is 28.7. The van der Waals surface area contributed by atoms with Crippen molar-refractivity contribution in [3.63, 3.8) is 0 Å². The molecular weight excluding hydrogens is 384 g/mol. The minimum Gasteiger partial charge on any atom is -0.422 e. The Labute approximate surface area is 134 Å². The van der Waals surface area contributed by atoms with Gasteiger partial charge in [0.2, 0.25) is 15.0 Å². The lowest BCUT2D eigenvalue weighted by Gasteiger charge is -2.06. The Morgan fingerprint density at radius 2 is 1.90 bits per heavy atom. The van der Waals surface area contributed by atoms with Crippen molar-refractivity contribution in [3.8, 4) is 5.75 Å². The molecule has 0 spiro atoms. The second kappa shape index (κ2) is 6.08. The number of hydrogen-bond donors (Lipinski definition) is 0. The van der Waals surface area contributed by atoms with Crippen LogP contribution in [0.25, 0.3) is 0 Å². The highest BCUT2D eigenvalue weighted by Crippen LogP contribution is 2.20. The lowest BCUT2D eigenvalue weighted by molar-refractivity contribution is 0.0727. The molecule has 0 unspecified atom stereocenters. The van der Waals surface area contributed by atoms with Crippen molar-refractivity contribution < 1.29 is 17.9 Å². The minimum atomic E-state index is -3.65. The molecule has 0 radical (unpaired) electrons. The average molecular weight is 392 g/mol. The molecule has 2 rings (SSSR count). The van der Waals surface area contributed by atoms with Gasteiger partial charge in [-0.1, -0.05) is 27.5 Å². The molecule has 6 nitrogen and oxygen atoms in total. The van der Waals surface area contributed by atoms with E-state index in [0.717, 1.165) is 16.9 Å². The molecule has 0 fully saturated rings. The van der Waals surface area contributed by atoms with Gasteiger partial charge in [0.1, 0.15) is 5.75 Å². The van der Waals surface area contributed by atoms with Gasteiger partial charge in [-0.2, -0.15) is 0 Å². The van der Waals surface area contributed by atoms with Gasteiger partial charge < -0.3 is 4.74 Å². The van der Waals surface area contributed by atoms with Gasteiger partial charge in [0, 0.05) is 10.7 Å². The smallest absolute Gasteiger partial charge is 0.364 e. The summed E-state index contributed by atoms with van der Waals surface area (Å²) in [5, 5.41) is -0.584. The van der Waals surface area contributed by atoms with E-state index in [9.17, 15) is 13.2 Å². The van der Waals surface area contributed by atoms with E-state index in [1.807, 2.05) is 0 Å². The predicted octanol–water partition coefficient (Wildman–Crippen LogP) is 2.52. The number of sulfone groups is 1. The lowest BCUT2D eigenvalue weighted by atomic mass is 10.3. The van der Waals surface area contributed by atoms with Gasteiger partial charge in [-0.3, -0.25) is 0 Å². The van der Waals surface area contributed by atoms with Crippen LogP contribution < -0.4 is 4.74 Å².